The maximum Gasteiger partial charge on any atom is 0.188 e. The van der Waals surface area contributed by atoms with Crippen molar-refractivity contribution in [1.29, 1.82) is 0 Å². The minimum atomic E-state index is 0.646. The third-order valence-corrected chi connectivity index (χ3v) is 6.60. The van der Waals surface area contributed by atoms with Crippen molar-refractivity contribution >= 4 is 49.4 Å². The summed E-state index contributed by atoms with van der Waals surface area (Å²) in [4.78, 5) is 3.69. The molecule has 0 saturated carbocycles. The number of fused-ring (bicyclic) bond motifs is 6. The maximum atomic E-state index is 7.53. The van der Waals surface area contributed by atoms with Crippen LogP contribution in [0.4, 0.5) is 5.69 Å². The van der Waals surface area contributed by atoms with Crippen LogP contribution < -0.4 is 0 Å². The van der Waals surface area contributed by atoms with E-state index in [0.717, 1.165) is 55.0 Å². The van der Waals surface area contributed by atoms with Crippen LogP contribution in [0.2, 0.25) is 0 Å². The number of rotatable bonds is 2. The SMILES string of the molecule is [C-]#[N+]c1ccc2c(c1)c1cc(-c3ccccc3)ccc1n2-c1ccc2oc3ccccc3c2c1. The Balaban J connectivity index is 1.55. The van der Waals surface area contributed by atoms with Gasteiger partial charge in [-0.15, -0.1) is 0 Å². The largest absolute Gasteiger partial charge is 0.456 e. The first kappa shape index (κ1) is 18.7. The summed E-state index contributed by atoms with van der Waals surface area (Å²) in [6.45, 7) is 7.53. The molecule has 5 aromatic carbocycles. The van der Waals surface area contributed by atoms with Crippen molar-refractivity contribution in [3.8, 4) is 16.8 Å². The van der Waals surface area contributed by atoms with E-state index in [1.165, 1.54) is 5.56 Å². The van der Waals surface area contributed by atoms with Gasteiger partial charge in [0.2, 0.25) is 0 Å². The smallest absolute Gasteiger partial charge is 0.188 e. The van der Waals surface area contributed by atoms with Gasteiger partial charge < -0.3 is 8.98 Å². The lowest BCUT2D eigenvalue weighted by molar-refractivity contribution is 0.669. The number of benzene rings is 5. The molecule has 2 heterocycles. The van der Waals surface area contributed by atoms with Gasteiger partial charge in [-0.2, -0.15) is 0 Å². The average molecular weight is 434 g/mol. The topological polar surface area (TPSA) is 22.4 Å². The maximum absolute atomic E-state index is 7.53. The van der Waals surface area contributed by atoms with Crippen molar-refractivity contribution in [2.75, 3.05) is 0 Å². The zero-order valence-electron chi connectivity index (χ0n) is 18.2. The molecule has 3 heteroatoms. The minimum Gasteiger partial charge on any atom is -0.456 e. The number of nitrogens with zero attached hydrogens (tertiary/aromatic N) is 2. The van der Waals surface area contributed by atoms with E-state index in [1.807, 2.05) is 42.5 Å². The summed E-state index contributed by atoms with van der Waals surface area (Å²) in [6, 6.07) is 37.5. The number of para-hydroxylation sites is 1. The molecule has 158 valence electrons. The van der Waals surface area contributed by atoms with E-state index in [2.05, 4.69) is 76.1 Å². The highest BCUT2D eigenvalue weighted by molar-refractivity contribution is 6.12. The van der Waals surface area contributed by atoms with E-state index < -0.39 is 0 Å². The van der Waals surface area contributed by atoms with Crippen molar-refractivity contribution in [3.05, 3.63) is 121 Å². The molecule has 0 amide bonds. The second-order valence-corrected chi connectivity index (χ2v) is 8.53. The van der Waals surface area contributed by atoms with Gasteiger partial charge in [0.25, 0.3) is 0 Å². The highest BCUT2D eigenvalue weighted by atomic mass is 16.3. The Morgan fingerprint density at radius 2 is 1.29 bits per heavy atom. The molecule has 0 aliphatic heterocycles. The van der Waals surface area contributed by atoms with E-state index in [1.54, 1.807) is 0 Å². The summed E-state index contributed by atoms with van der Waals surface area (Å²) in [5.74, 6) is 0. The van der Waals surface area contributed by atoms with Gasteiger partial charge in [-0.3, -0.25) is 0 Å². The number of hydrogen-bond acceptors (Lipinski definition) is 1. The molecule has 0 atom stereocenters. The van der Waals surface area contributed by atoms with E-state index in [-0.39, 0.29) is 0 Å². The van der Waals surface area contributed by atoms with Crippen molar-refractivity contribution in [3.63, 3.8) is 0 Å². The Hall–Kier alpha value is -4.81. The molecule has 0 N–H and O–H groups in total. The third kappa shape index (κ3) is 2.69. The molecule has 0 aliphatic carbocycles. The van der Waals surface area contributed by atoms with Gasteiger partial charge in [0.1, 0.15) is 11.2 Å². The van der Waals surface area contributed by atoms with Crippen LogP contribution in [0.5, 0.6) is 0 Å². The molecule has 0 fully saturated rings. The molecule has 3 nitrogen and oxygen atoms in total. The summed E-state index contributed by atoms with van der Waals surface area (Å²) in [6.07, 6.45) is 0. The highest BCUT2D eigenvalue weighted by Gasteiger charge is 2.15. The van der Waals surface area contributed by atoms with Crippen molar-refractivity contribution < 1.29 is 4.42 Å². The first-order valence-electron chi connectivity index (χ1n) is 11.2. The van der Waals surface area contributed by atoms with Crippen LogP contribution in [0.25, 0.3) is 65.4 Å². The molecule has 7 rings (SSSR count). The van der Waals surface area contributed by atoms with Crippen LogP contribution in [0.1, 0.15) is 0 Å². The second-order valence-electron chi connectivity index (χ2n) is 8.53. The molecular formula is C31H18N2O. The van der Waals surface area contributed by atoms with Crippen LogP contribution in [-0.4, -0.2) is 4.57 Å². The lowest BCUT2D eigenvalue weighted by Gasteiger charge is -2.09. The fraction of sp³-hybridized carbons (Fsp3) is 0. The predicted octanol–water partition coefficient (Wildman–Crippen LogP) is 8.90. The fourth-order valence-corrected chi connectivity index (χ4v) is 5.02. The standard InChI is InChI=1S/C31H18N2O/c1-32-22-12-15-29-26(18-22)25-17-21(20-7-3-2-4-8-20)11-14-28(25)33(29)23-13-16-31-27(19-23)24-9-5-6-10-30(24)34-31/h2-19H. The summed E-state index contributed by atoms with van der Waals surface area (Å²) in [5.41, 5.74) is 8.03. The van der Waals surface area contributed by atoms with Crippen molar-refractivity contribution in [1.82, 2.24) is 4.57 Å². The molecule has 0 unspecified atom stereocenters. The van der Waals surface area contributed by atoms with Gasteiger partial charge in [-0.1, -0.05) is 60.7 Å². The number of hydrogen-bond donors (Lipinski definition) is 0. The first-order chi connectivity index (χ1) is 16.8. The quantitative estimate of drug-likeness (QED) is 0.249. The molecule has 0 aliphatic rings. The summed E-state index contributed by atoms with van der Waals surface area (Å²) >= 11 is 0. The first-order valence-corrected chi connectivity index (χ1v) is 11.2. The summed E-state index contributed by atoms with van der Waals surface area (Å²) in [7, 11) is 0. The highest BCUT2D eigenvalue weighted by Crippen LogP contribution is 2.38. The van der Waals surface area contributed by atoms with Gasteiger partial charge in [-0.05, 0) is 65.0 Å². The van der Waals surface area contributed by atoms with Crippen LogP contribution in [0, 0.1) is 6.57 Å². The molecule has 0 radical (unpaired) electrons. The minimum absolute atomic E-state index is 0.646. The van der Waals surface area contributed by atoms with Gasteiger partial charge >= 0.3 is 0 Å². The Labute approximate surface area is 195 Å². The van der Waals surface area contributed by atoms with Crippen molar-refractivity contribution in [2.24, 2.45) is 0 Å². The van der Waals surface area contributed by atoms with Gasteiger partial charge in [0.15, 0.2) is 5.69 Å². The average Bonchev–Trinajstić information content (AvgIpc) is 3.43. The zero-order chi connectivity index (χ0) is 22.6. The molecule has 34 heavy (non-hydrogen) atoms. The van der Waals surface area contributed by atoms with Gasteiger partial charge in [0.05, 0.1) is 17.6 Å². The normalized spacial score (nSPS) is 11.5. The van der Waals surface area contributed by atoms with E-state index in [0.29, 0.717) is 5.69 Å². The molecule has 7 aromatic rings. The Morgan fingerprint density at radius 1 is 0.559 bits per heavy atom. The second kappa shape index (κ2) is 7.10. The van der Waals surface area contributed by atoms with E-state index in [4.69, 9.17) is 11.0 Å². The zero-order valence-corrected chi connectivity index (χ0v) is 18.2. The Morgan fingerprint density at radius 3 is 2.15 bits per heavy atom. The molecular weight excluding hydrogens is 416 g/mol. The van der Waals surface area contributed by atoms with Gasteiger partial charge in [-0.25, -0.2) is 4.85 Å². The predicted molar refractivity (Wildman–Crippen MR) is 140 cm³/mol. The third-order valence-electron chi connectivity index (χ3n) is 6.60. The van der Waals surface area contributed by atoms with Crippen LogP contribution >= 0.6 is 0 Å². The Kier molecular flexibility index (Phi) is 3.91. The lowest BCUT2D eigenvalue weighted by Crippen LogP contribution is -1.93. The van der Waals surface area contributed by atoms with Crippen LogP contribution in [-0.2, 0) is 0 Å². The summed E-state index contributed by atoms with van der Waals surface area (Å²) in [5, 5.41) is 4.43. The number of aromatic nitrogens is 1. The monoisotopic (exact) mass is 434 g/mol. The molecule has 2 aromatic heterocycles. The molecule has 0 spiro atoms. The van der Waals surface area contributed by atoms with E-state index in [9.17, 15) is 0 Å². The van der Waals surface area contributed by atoms with Gasteiger partial charge in [0, 0.05) is 21.8 Å². The summed E-state index contributed by atoms with van der Waals surface area (Å²) < 4.78 is 8.34. The molecule has 0 saturated heterocycles. The van der Waals surface area contributed by atoms with E-state index >= 15 is 0 Å². The van der Waals surface area contributed by atoms with Crippen LogP contribution in [0.15, 0.2) is 114 Å². The number of furan rings is 1. The van der Waals surface area contributed by atoms with Crippen molar-refractivity contribution in [2.45, 2.75) is 0 Å². The Bertz CT molecular complexity index is 1920. The fourth-order valence-electron chi connectivity index (χ4n) is 5.02. The molecule has 0 bridgehead atoms. The lowest BCUT2D eigenvalue weighted by atomic mass is 10.0. The van der Waals surface area contributed by atoms with Crippen LogP contribution in [0.3, 0.4) is 0 Å².